The van der Waals surface area contributed by atoms with Crippen LogP contribution in [0.2, 0.25) is 5.02 Å². The van der Waals surface area contributed by atoms with Gasteiger partial charge in [0.25, 0.3) is 0 Å². The number of hydrogen-bond donors (Lipinski definition) is 1. The van der Waals surface area contributed by atoms with Gasteiger partial charge in [-0.25, -0.2) is 9.37 Å². The highest BCUT2D eigenvalue weighted by Crippen LogP contribution is 2.31. The molecule has 1 aromatic carbocycles. The maximum atomic E-state index is 13.7. The highest BCUT2D eigenvalue weighted by atomic mass is 35.5. The fourth-order valence-electron chi connectivity index (χ4n) is 1.58. The minimum absolute atomic E-state index is 0.284. The molecule has 0 unspecified atom stereocenters. The third kappa shape index (κ3) is 1.55. The summed E-state index contributed by atoms with van der Waals surface area (Å²) in [5.41, 5.74) is 6.72. The van der Waals surface area contributed by atoms with Gasteiger partial charge in [-0.05, 0) is 19.1 Å². The fraction of sp³-hybridized carbons (Fsp3) is 0.182. The number of rotatable bonds is 1. The number of halogens is 2. The molecule has 0 radical (unpaired) electrons. The molecule has 1 heterocycles. The van der Waals surface area contributed by atoms with Gasteiger partial charge < -0.3 is 10.3 Å². The van der Waals surface area contributed by atoms with E-state index in [1.54, 1.807) is 30.7 Å². The second-order valence-corrected chi connectivity index (χ2v) is 3.97. The number of benzene rings is 1. The Bertz CT molecular complexity index is 528. The zero-order valence-electron chi connectivity index (χ0n) is 8.96. The Balaban J connectivity index is 2.72. The second-order valence-electron chi connectivity index (χ2n) is 3.56. The first-order valence-corrected chi connectivity index (χ1v) is 5.13. The van der Waals surface area contributed by atoms with Crippen molar-refractivity contribution in [3.05, 3.63) is 34.7 Å². The highest BCUT2D eigenvalue weighted by molar-refractivity contribution is 6.33. The third-order valence-electron chi connectivity index (χ3n) is 2.51. The lowest BCUT2D eigenvalue weighted by Gasteiger charge is -2.06. The smallest absolute Gasteiger partial charge is 0.146 e. The van der Waals surface area contributed by atoms with Crippen LogP contribution in [-0.4, -0.2) is 9.55 Å². The largest absolute Gasteiger partial charge is 0.384 e. The lowest BCUT2D eigenvalue weighted by atomic mass is 10.2. The van der Waals surface area contributed by atoms with Crippen LogP contribution in [0.25, 0.3) is 11.4 Å². The zero-order valence-corrected chi connectivity index (χ0v) is 9.72. The van der Waals surface area contributed by atoms with Crippen molar-refractivity contribution in [2.75, 3.05) is 5.73 Å². The van der Waals surface area contributed by atoms with Crippen LogP contribution >= 0.6 is 11.6 Å². The van der Waals surface area contributed by atoms with Crippen molar-refractivity contribution in [1.29, 1.82) is 0 Å². The summed E-state index contributed by atoms with van der Waals surface area (Å²) in [4.78, 5) is 4.22. The van der Waals surface area contributed by atoms with E-state index in [4.69, 9.17) is 17.3 Å². The Hall–Kier alpha value is -1.55. The number of nitrogen functional groups attached to an aromatic ring is 1. The third-order valence-corrected chi connectivity index (χ3v) is 2.82. The van der Waals surface area contributed by atoms with Gasteiger partial charge in [0.05, 0.1) is 16.3 Å². The predicted octanol–water partition coefficient (Wildman–Crippen LogP) is 2.77. The van der Waals surface area contributed by atoms with Crippen LogP contribution in [0.5, 0.6) is 0 Å². The second kappa shape index (κ2) is 3.79. The van der Waals surface area contributed by atoms with Gasteiger partial charge in [0, 0.05) is 7.05 Å². The minimum atomic E-state index is -0.402. The summed E-state index contributed by atoms with van der Waals surface area (Å²) in [6.07, 6.45) is 0. The molecule has 0 fully saturated rings. The Kier molecular flexibility index (Phi) is 2.59. The molecule has 0 bridgehead atoms. The van der Waals surface area contributed by atoms with Gasteiger partial charge in [-0.15, -0.1) is 0 Å². The number of aryl methyl sites for hydroxylation is 1. The van der Waals surface area contributed by atoms with Gasteiger partial charge in [0.15, 0.2) is 0 Å². The van der Waals surface area contributed by atoms with Crippen molar-refractivity contribution >= 4 is 17.4 Å². The molecule has 0 saturated heterocycles. The molecule has 16 heavy (non-hydrogen) atoms. The summed E-state index contributed by atoms with van der Waals surface area (Å²) in [7, 11) is 1.73. The van der Waals surface area contributed by atoms with Crippen molar-refractivity contribution in [1.82, 2.24) is 9.55 Å². The zero-order chi connectivity index (χ0) is 11.9. The first-order chi connectivity index (χ1) is 7.52. The van der Waals surface area contributed by atoms with Crippen LogP contribution in [-0.2, 0) is 7.05 Å². The van der Waals surface area contributed by atoms with Crippen LogP contribution < -0.4 is 5.73 Å². The molecule has 3 nitrogen and oxygen atoms in total. The number of aromatic nitrogens is 2. The standard InChI is InChI=1S/C11H11ClFN3/c1-6-10(14)16(2)11(15-6)9-7(12)4-3-5-8(9)13/h3-5H,14H2,1-2H3. The van der Waals surface area contributed by atoms with E-state index in [1.807, 2.05) is 0 Å². The Morgan fingerprint density at radius 3 is 2.62 bits per heavy atom. The van der Waals surface area contributed by atoms with E-state index >= 15 is 0 Å². The molecule has 2 N–H and O–H groups in total. The molecule has 2 rings (SSSR count). The molecule has 5 heteroatoms. The highest BCUT2D eigenvalue weighted by Gasteiger charge is 2.17. The van der Waals surface area contributed by atoms with E-state index in [0.717, 1.165) is 0 Å². The molecule has 0 aliphatic rings. The fourth-order valence-corrected chi connectivity index (χ4v) is 1.83. The normalized spacial score (nSPS) is 10.8. The number of nitrogens with two attached hydrogens (primary N) is 1. The van der Waals surface area contributed by atoms with E-state index in [0.29, 0.717) is 22.4 Å². The molecular formula is C11H11ClFN3. The number of imidazole rings is 1. The van der Waals surface area contributed by atoms with Crippen molar-refractivity contribution in [2.45, 2.75) is 6.92 Å². The van der Waals surface area contributed by atoms with Crippen molar-refractivity contribution in [3.63, 3.8) is 0 Å². The van der Waals surface area contributed by atoms with E-state index in [9.17, 15) is 4.39 Å². The van der Waals surface area contributed by atoms with Gasteiger partial charge >= 0.3 is 0 Å². The summed E-state index contributed by atoms with van der Waals surface area (Å²) in [5.74, 6) is 0.549. The van der Waals surface area contributed by atoms with Crippen molar-refractivity contribution in [3.8, 4) is 11.4 Å². The topological polar surface area (TPSA) is 43.8 Å². The molecule has 0 saturated carbocycles. The number of anilines is 1. The van der Waals surface area contributed by atoms with Gasteiger partial charge in [-0.2, -0.15) is 0 Å². The molecule has 84 valence electrons. The molecule has 0 aliphatic carbocycles. The van der Waals surface area contributed by atoms with Gasteiger partial charge in [0.2, 0.25) is 0 Å². The lowest BCUT2D eigenvalue weighted by molar-refractivity contribution is 0.629. The quantitative estimate of drug-likeness (QED) is 0.832. The van der Waals surface area contributed by atoms with Crippen LogP contribution in [0, 0.1) is 12.7 Å². The van der Waals surface area contributed by atoms with Crippen molar-refractivity contribution in [2.24, 2.45) is 7.05 Å². The average Bonchev–Trinajstić information content (AvgIpc) is 2.47. The Labute approximate surface area is 97.7 Å². The molecule has 1 aromatic heterocycles. The number of hydrogen-bond acceptors (Lipinski definition) is 2. The van der Waals surface area contributed by atoms with Gasteiger partial charge in [-0.1, -0.05) is 17.7 Å². The van der Waals surface area contributed by atoms with Gasteiger partial charge in [-0.3, -0.25) is 0 Å². The monoisotopic (exact) mass is 239 g/mol. The maximum Gasteiger partial charge on any atom is 0.146 e. The summed E-state index contributed by atoms with van der Waals surface area (Å²) >= 11 is 5.96. The molecule has 0 spiro atoms. The summed E-state index contributed by atoms with van der Waals surface area (Å²) in [5, 5.41) is 0.327. The first-order valence-electron chi connectivity index (χ1n) is 4.75. The SMILES string of the molecule is Cc1nc(-c2c(F)cccc2Cl)n(C)c1N. The van der Waals surface area contributed by atoms with Crippen LogP contribution in [0.15, 0.2) is 18.2 Å². The molecular weight excluding hydrogens is 229 g/mol. The van der Waals surface area contributed by atoms with Crippen LogP contribution in [0.4, 0.5) is 10.2 Å². The van der Waals surface area contributed by atoms with Gasteiger partial charge in [0.1, 0.15) is 17.5 Å². The molecule has 0 aliphatic heterocycles. The molecule has 0 amide bonds. The van der Waals surface area contributed by atoms with Crippen LogP contribution in [0.1, 0.15) is 5.69 Å². The van der Waals surface area contributed by atoms with E-state index in [-0.39, 0.29) is 5.56 Å². The van der Waals surface area contributed by atoms with E-state index in [2.05, 4.69) is 4.98 Å². The maximum absolute atomic E-state index is 13.7. The van der Waals surface area contributed by atoms with E-state index < -0.39 is 5.82 Å². The Morgan fingerprint density at radius 1 is 1.44 bits per heavy atom. The molecule has 2 aromatic rings. The summed E-state index contributed by atoms with van der Waals surface area (Å²) in [6.45, 7) is 1.77. The lowest BCUT2D eigenvalue weighted by Crippen LogP contribution is -2.00. The average molecular weight is 240 g/mol. The summed E-state index contributed by atoms with van der Waals surface area (Å²) in [6, 6.07) is 4.53. The van der Waals surface area contributed by atoms with Crippen molar-refractivity contribution < 1.29 is 4.39 Å². The number of nitrogens with zero attached hydrogens (tertiary/aromatic N) is 2. The van der Waals surface area contributed by atoms with E-state index in [1.165, 1.54) is 6.07 Å². The minimum Gasteiger partial charge on any atom is -0.384 e. The molecule has 0 atom stereocenters. The predicted molar refractivity (Wildman–Crippen MR) is 62.8 cm³/mol. The van der Waals surface area contributed by atoms with Crippen LogP contribution in [0.3, 0.4) is 0 Å². The summed E-state index contributed by atoms with van der Waals surface area (Å²) < 4.78 is 15.3. The first kappa shape index (κ1) is 11.0. The Morgan fingerprint density at radius 2 is 2.12 bits per heavy atom.